The maximum atomic E-state index is 11.0. The van der Waals surface area contributed by atoms with Gasteiger partial charge in [-0.3, -0.25) is 9.11 Å². The Morgan fingerprint density at radius 2 is 1.00 bits per heavy atom. The van der Waals surface area contributed by atoms with E-state index in [1.54, 1.807) is 6.92 Å². The predicted octanol–water partition coefficient (Wildman–Crippen LogP) is 2.52. The zero-order valence-electron chi connectivity index (χ0n) is 20.9. The van der Waals surface area contributed by atoms with Crippen molar-refractivity contribution >= 4 is 20.2 Å². The van der Waals surface area contributed by atoms with Crippen molar-refractivity contribution in [2.45, 2.75) is 122 Å². The molecule has 31 heavy (non-hydrogen) atoms. The minimum atomic E-state index is -4.39. The summed E-state index contributed by atoms with van der Waals surface area (Å²) in [6, 6.07) is 0. The van der Waals surface area contributed by atoms with Gasteiger partial charge in [-0.2, -0.15) is 16.8 Å². The van der Waals surface area contributed by atoms with Gasteiger partial charge in [0.1, 0.15) is 11.5 Å². The molecule has 7 nitrogen and oxygen atoms in total. The summed E-state index contributed by atoms with van der Waals surface area (Å²) < 4.78 is 67.3. The van der Waals surface area contributed by atoms with Crippen LogP contribution in [0.5, 0.6) is 0 Å². The number of hydrogen-bond donors (Lipinski definition) is 2. The molecule has 0 aliphatic rings. The van der Waals surface area contributed by atoms with Crippen LogP contribution in [0.2, 0.25) is 0 Å². The molecule has 0 amide bonds. The number of hydrogen-bond acceptors (Lipinski definition) is 5. The van der Waals surface area contributed by atoms with E-state index in [0.717, 1.165) is 19.3 Å². The SMILES string of the molecule is CCCCCCCCCCCCCCCCC(C)OC(CS(=O)(=O)O)CS(=O)(=O)O.[H-].[Na+]. The van der Waals surface area contributed by atoms with E-state index in [0.29, 0.717) is 6.42 Å². The molecule has 184 valence electrons. The largest absolute Gasteiger partial charge is 1.00 e. The third-order valence-corrected chi connectivity index (χ3v) is 6.77. The van der Waals surface area contributed by atoms with Crippen molar-refractivity contribution in [3.8, 4) is 0 Å². The molecule has 0 aromatic heterocycles. The molecule has 0 aromatic carbocycles. The monoisotopic (exact) mass is 496 g/mol. The summed E-state index contributed by atoms with van der Waals surface area (Å²) in [6.07, 6.45) is 16.7. The second-order valence-corrected chi connectivity index (χ2v) is 11.4. The van der Waals surface area contributed by atoms with Gasteiger partial charge in [-0.05, 0) is 13.3 Å². The fraction of sp³-hybridized carbons (Fsp3) is 1.00. The summed E-state index contributed by atoms with van der Waals surface area (Å²) in [6.45, 7) is 3.98. The molecule has 2 N–H and O–H groups in total. The van der Waals surface area contributed by atoms with Crippen LogP contribution in [0.3, 0.4) is 0 Å². The molecule has 10 heteroatoms. The number of rotatable bonds is 21. The van der Waals surface area contributed by atoms with Gasteiger partial charge in [0.25, 0.3) is 20.2 Å². The normalized spacial score (nSPS) is 13.3. The molecular formula is C21H45NaO7S2. The van der Waals surface area contributed by atoms with Gasteiger partial charge < -0.3 is 6.16 Å². The van der Waals surface area contributed by atoms with Gasteiger partial charge in [-0.1, -0.05) is 96.8 Å². The zero-order chi connectivity index (χ0) is 22.9. The Labute approximate surface area is 214 Å². The summed E-state index contributed by atoms with van der Waals surface area (Å²) in [4.78, 5) is 0. The van der Waals surface area contributed by atoms with E-state index in [4.69, 9.17) is 13.8 Å². The van der Waals surface area contributed by atoms with E-state index in [1.807, 2.05) is 0 Å². The van der Waals surface area contributed by atoms with Gasteiger partial charge >= 0.3 is 29.6 Å². The third kappa shape index (κ3) is 26.9. The standard InChI is InChI=1S/C21H44O7S2.Na.H/c1-3-4-5-6-7-8-9-10-11-12-13-14-15-16-17-20(2)28-21(18-29(22,23)24)19-30(25,26)27;;/h20-21H,3-19H2,1-2H3,(H,22,23,24)(H,25,26,27);;/q;+1;-1. The Morgan fingerprint density at radius 3 is 1.32 bits per heavy atom. The zero-order valence-corrected chi connectivity index (χ0v) is 23.6. The first kappa shape index (κ1) is 34.0. The average molecular weight is 497 g/mol. The topological polar surface area (TPSA) is 118 Å². The van der Waals surface area contributed by atoms with E-state index in [9.17, 15) is 16.8 Å². The molecule has 0 heterocycles. The first-order valence-corrected chi connectivity index (χ1v) is 14.8. The van der Waals surface area contributed by atoms with Crippen LogP contribution in [-0.4, -0.2) is 49.7 Å². The van der Waals surface area contributed by atoms with E-state index in [1.165, 1.54) is 70.6 Å². The molecule has 0 radical (unpaired) electrons. The van der Waals surface area contributed by atoms with Crippen LogP contribution in [0.15, 0.2) is 0 Å². The van der Waals surface area contributed by atoms with E-state index in [2.05, 4.69) is 6.92 Å². The summed E-state index contributed by atoms with van der Waals surface area (Å²) in [7, 11) is -8.78. The molecular weight excluding hydrogens is 451 g/mol. The minimum absolute atomic E-state index is 0. The Morgan fingerprint density at radius 1 is 0.677 bits per heavy atom. The van der Waals surface area contributed by atoms with Crippen LogP contribution in [0.1, 0.15) is 112 Å². The third-order valence-electron chi connectivity index (χ3n) is 5.18. The Balaban J connectivity index is -0.00000420. The molecule has 0 saturated heterocycles. The fourth-order valence-electron chi connectivity index (χ4n) is 3.62. The van der Waals surface area contributed by atoms with Crippen molar-refractivity contribution in [1.82, 2.24) is 0 Å². The van der Waals surface area contributed by atoms with Crippen LogP contribution in [0.4, 0.5) is 0 Å². The van der Waals surface area contributed by atoms with Crippen LogP contribution in [-0.2, 0) is 25.0 Å². The quantitative estimate of drug-likeness (QED) is 0.142. The van der Waals surface area contributed by atoms with Gasteiger partial charge in [0.05, 0.1) is 12.2 Å². The van der Waals surface area contributed by atoms with Crippen molar-refractivity contribution in [3.63, 3.8) is 0 Å². The molecule has 0 saturated carbocycles. The molecule has 1 unspecified atom stereocenters. The van der Waals surface area contributed by atoms with Crippen molar-refractivity contribution in [3.05, 3.63) is 0 Å². The Bertz CT molecular complexity index is 582. The molecule has 0 rings (SSSR count). The average Bonchev–Trinajstić information content (AvgIpc) is 2.59. The summed E-state index contributed by atoms with van der Waals surface area (Å²) in [5, 5.41) is 0. The van der Waals surface area contributed by atoms with Crippen LogP contribution in [0.25, 0.3) is 0 Å². The Hall–Kier alpha value is 0.780. The van der Waals surface area contributed by atoms with Crippen molar-refractivity contribution in [1.29, 1.82) is 0 Å². The fourth-order valence-corrected chi connectivity index (χ4v) is 5.10. The second-order valence-electron chi connectivity index (χ2n) is 8.45. The molecule has 0 bridgehead atoms. The van der Waals surface area contributed by atoms with Crippen molar-refractivity contribution in [2.24, 2.45) is 0 Å². The van der Waals surface area contributed by atoms with E-state index < -0.39 is 37.8 Å². The van der Waals surface area contributed by atoms with Gasteiger partial charge in [0.15, 0.2) is 0 Å². The Kier molecular flexibility index (Phi) is 22.1. The van der Waals surface area contributed by atoms with Crippen LogP contribution in [0, 0.1) is 0 Å². The summed E-state index contributed by atoms with van der Waals surface area (Å²) >= 11 is 0. The van der Waals surface area contributed by atoms with Gasteiger partial charge in [0.2, 0.25) is 0 Å². The maximum Gasteiger partial charge on any atom is 1.00 e. The molecule has 0 fully saturated rings. The molecule has 0 aliphatic heterocycles. The number of ether oxygens (including phenoxy) is 1. The maximum absolute atomic E-state index is 11.0. The van der Waals surface area contributed by atoms with Crippen molar-refractivity contribution < 1.29 is 61.7 Å². The molecule has 0 aromatic rings. The van der Waals surface area contributed by atoms with Crippen LogP contribution < -0.4 is 29.6 Å². The summed E-state index contributed by atoms with van der Waals surface area (Å²) in [5.74, 6) is -1.70. The predicted molar refractivity (Wildman–Crippen MR) is 123 cm³/mol. The van der Waals surface area contributed by atoms with Gasteiger partial charge in [-0.25, -0.2) is 0 Å². The molecule has 1 atom stereocenters. The second kappa shape index (κ2) is 20.2. The smallest absolute Gasteiger partial charge is 1.00 e. The van der Waals surface area contributed by atoms with Crippen LogP contribution >= 0.6 is 0 Å². The van der Waals surface area contributed by atoms with E-state index >= 15 is 0 Å². The molecule has 0 spiro atoms. The number of unbranched alkanes of at least 4 members (excludes halogenated alkanes) is 13. The van der Waals surface area contributed by atoms with Crippen molar-refractivity contribution in [2.75, 3.05) is 11.5 Å². The van der Waals surface area contributed by atoms with Gasteiger partial charge in [-0.15, -0.1) is 0 Å². The first-order valence-electron chi connectivity index (χ1n) is 11.6. The minimum Gasteiger partial charge on any atom is -1.00 e. The van der Waals surface area contributed by atoms with Gasteiger partial charge in [0, 0.05) is 0 Å². The molecule has 0 aliphatic carbocycles. The summed E-state index contributed by atoms with van der Waals surface area (Å²) in [5.41, 5.74) is 0. The first-order chi connectivity index (χ1) is 14.0. The van der Waals surface area contributed by atoms with E-state index in [-0.39, 0.29) is 37.1 Å².